The summed E-state index contributed by atoms with van der Waals surface area (Å²) in [6.45, 7) is 0. The lowest BCUT2D eigenvalue weighted by Crippen LogP contribution is -2.12. The zero-order valence-corrected chi connectivity index (χ0v) is 15.2. The monoisotopic (exact) mass is 367 g/mol. The summed E-state index contributed by atoms with van der Waals surface area (Å²) < 4.78 is 32.3. The van der Waals surface area contributed by atoms with Gasteiger partial charge >= 0.3 is 0 Å². The molecule has 1 fully saturated rings. The van der Waals surface area contributed by atoms with Gasteiger partial charge < -0.3 is 4.74 Å². The van der Waals surface area contributed by atoms with E-state index < -0.39 is 10.0 Å². The lowest BCUT2D eigenvalue weighted by atomic mass is 9.87. The van der Waals surface area contributed by atoms with Crippen molar-refractivity contribution in [1.82, 2.24) is 10.2 Å². The highest BCUT2D eigenvalue weighted by atomic mass is 32.2. The van der Waals surface area contributed by atoms with Crippen molar-refractivity contribution in [2.45, 2.75) is 43.4 Å². The smallest absolute Gasteiger partial charge is 0.263 e. The summed E-state index contributed by atoms with van der Waals surface area (Å²) >= 11 is 1.32. The van der Waals surface area contributed by atoms with Gasteiger partial charge in [-0.1, -0.05) is 43.4 Å². The van der Waals surface area contributed by atoms with E-state index in [2.05, 4.69) is 14.9 Å². The van der Waals surface area contributed by atoms with Gasteiger partial charge in [-0.2, -0.15) is 0 Å². The van der Waals surface area contributed by atoms with Crippen molar-refractivity contribution in [3.05, 3.63) is 29.3 Å². The first-order valence-corrected chi connectivity index (χ1v) is 10.4. The molecule has 0 saturated heterocycles. The van der Waals surface area contributed by atoms with Crippen molar-refractivity contribution in [1.29, 1.82) is 0 Å². The molecule has 0 spiro atoms. The van der Waals surface area contributed by atoms with Gasteiger partial charge in [-0.05, 0) is 30.2 Å². The number of rotatable bonds is 6. The van der Waals surface area contributed by atoms with Crippen LogP contribution in [0, 0.1) is 5.92 Å². The molecule has 6 nitrogen and oxygen atoms in total. The Bertz CT molecular complexity index is 766. The molecule has 1 saturated carbocycles. The maximum absolute atomic E-state index is 12.4. The molecule has 0 aliphatic heterocycles. The van der Waals surface area contributed by atoms with Crippen LogP contribution in [0.1, 0.15) is 37.1 Å². The van der Waals surface area contributed by atoms with E-state index in [0.717, 1.165) is 11.4 Å². The van der Waals surface area contributed by atoms with Gasteiger partial charge in [-0.3, -0.25) is 4.72 Å². The highest BCUT2D eigenvalue weighted by Crippen LogP contribution is 2.29. The van der Waals surface area contributed by atoms with Gasteiger partial charge in [0.1, 0.15) is 10.8 Å². The lowest BCUT2D eigenvalue weighted by Gasteiger charge is -2.19. The largest absolute Gasteiger partial charge is 0.497 e. The second-order valence-electron chi connectivity index (χ2n) is 5.99. The zero-order chi connectivity index (χ0) is 17.0. The fraction of sp³-hybridized carbons (Fsp3) is 0.500. The number of sulfonamides is 1. The molecule has 0 atom stereocenters. The number of benzene rings is 1. The molecule has 1 aliphatic carbocycles. The van der Waals surface area contributed by atoms with E-state index in [4.69, 9.17) is 4.74 Å². The van der Waals surface area contributed by atoms with E-state index in [9.17, 15) is 8.42 Å². The summed E-state index contributed by atoms with van der Waals surface area (Å²) in [5, 5.41) is 9.33. The Balaban J connectivity index is 1.66. The molecule has 0 radical (unpaired) electrons. The predicted molar refractivity (Wildman–Crippen MR) is 94.0 cm³/mol. The van der Waals surface area contributed by atoms with Crippen LogP contribution in [0.2, 0.25) is 0 Å². The average molecular weight is 367 g/mol. The van der Waals surface area contributed by atoms with Crippen molar-refractivity contribution in [3.63, 3.8) is 0 Å². The molecule has 2 aromatic rings. The number of hydrogen-bond donors (Lipinski definition) is 1. The number of nitrogens with zero attached hydrogens (tertiary/aromatic N) is 2. The third-order valence-corrected chi connectivity index (χ3v) is 6.59. The van der Waals surface area contributed by atoms with Crippen LogP contribution in [0.15, 0.2) is 29.2 Å². The van der Waals surface area contributed by atoms with Crippen LogP contribution in [0.5, 0.6) is 5.75 Å². The van der Waals surface area contributed by atoms with Crippen molar-refractivity contribution in [3.8, 4) is 5.75 Å². The summed E-state index contributed by atoms with van der Waals surface area (Å²) in [5.74, 6) is 1.26. The maximum atomic E-state index is 12.4. The van der Waals surface area contributed by atoms with Crippen LogP contribution in [0.4, 0.5) is 5.13 Å². The van der Waals surface area contributed by atoms with Crippen molar-refractivity contribution in [2.75, 3.05) is 11.8 Å². The van der Waals surface area contributed by atoms with Crippen LogP contribution in [0.3, 0.4) is 0 Å². The number of aromatic nitrogens is 2. The van der Waals surface area contributed by atoms with Crippen molar-refractivity contribution in [2.24, 2.45) is 5.92 Å². The van der Waals surface area contributed by atoms with E-state index in [0.29, 0.717) is 16.8 Å². The molecule has 1 heterocycles. The Morgan fingerprint density at radius 2 is 1.88 bits per heavy atom. The first kappa shape index (κ1) is 17.2. The molecular weight excluding hydrogens is 346 g/mol. The Kier molecular flexibility index (Phi) is 5.35. The van der Waals surface area contributed by atoms with Gasteiger partial charge in [-0.25, -0.2) is 8.42 Å². The zero-order valence-electron chi connectivity index (χ0n) is 13.6. The molecule has 0 bridgehead atoms. The van der Waals surface area contributed by atoms with Gasteiger partial charge in [0.25, 0.3) is 10.0 Å². The predicted octanol–water partition coefficient (Wildman–Crippen LogP) is 3.47. The number of nitrogens with one attached hydrogen (secondary N) is 1. The SMILES string of the molecule is COc1ccc(S(=O)(=O)Nc2nnc(CC3CCCCC3)s2)cc1. The first-order chi connectivity index (χ1) is 11.6. The van der Waals surface area contributed by atoms with Gasteiger partial charge in [0.05, 0.1) is 12.0 Å². The molecular formula is C16H21N3O3S2. The second-order valence-corrected chi connectivity index (χ2v) is 8.73. The number of ether oxygens (including phenoxy) is 1. The maximum Gasteiger partial charge on any atom is 0.263 e. The highest BCUT2D eigenvalue weighted by molar-refractivity contribution is 7.93. The van der Waals surface area contributed by atoms with Crippen molar-refractivity contribution >= 4 is 26.5 Å². The Morgan fingerprint density at radius 3 is 2.54 bits per heavy atom. The molecule has 24 heavy (non-hydrogen) atoms. The minimum absolute atomic E-state index is 0.173. The summed E-state index contributed by atoms with van der Waals surface area (Å²) in [6, 6.07) is 6.24. The minimum Gasteiger partial charge on any atom is -0.497 e. The number of methoxy groups -OCH3 is 1. The van der Waals surface area contributed by atoms with E-state index in [1.54, 1.807) is 12.1 Å². The summed E-state index contributed by atoms with van der Waals surface area (Å²) in [6.07, 6.45) is 7.22. The van der Waals surface area contributed by atoms with Gasteiger partial charge in [0.15, 0.2) is 0 Å². The Morgan fingerprint density at radius 1 is 1.17 bits per heavy atom. The van der Waals surface area contributed by atoms with E-state index >= 15 is 0 Å². The van der Waals surface area contributed by atoms with E-state index in [1.807, 2.05) is 0 Å². The summed E-state index contributed by atoms with van der Waals surface area (Å²) in [4.78, 5) is 0.173. The quantitative estimate of drug-likeness (QED) is 0.845. The normalized spacial score (nSPS) is 16.0. The van der Waals surface area contributed by atoms with Gasteiger partial charge in [-0.15, -0.1) is 10.2 Å². The van der Waals surface area contributed by atoms with Gasteiger partial charge in [0.2, 0.25) is 5.13 Å². The molecule has 0 amide bonds. The summed E-state index contributed by atoms with van der Waals surface area (Å²) in [7, 11) is -2.12. The van der Waals surface area contributed by atoms with Crippen LogP contribution in [-0.2, 0) is 16.4 Å². The Labute approximate surface area is 146 Å². The molecule has 1 aromatic carbocycles. The average Bonchev–Trinajstić information content (AvgIpc) is 3.02. The lowest BCUT2D eigenvalue weighted by molar-refractivity contribution is 0.356. The Hall–Kier alpha value is -1.67. The number of anilines is 1. The topological polar surface area (TPSA) is 81.2 Å². The van der Waals surface area contributed by atoms with Crippen LogP contribution >= 0.6 is 11.3 Å². The van der Waals surface area contributed by atoms with Crippen LogP contribution in [-0.4, -0.2) is 25.7 Å². The fourth-order valence-corrected chi connectivity index (χ4v) is 5.03. The van der Waals surface area contributed by atoms with E-state index in [1.165, 1.54) is 62.7 Å². The van der Waals surface area contributed by atoms with Crippen LogP contribution in [0.25, 0.3) is 0 Å². The number of hydrogen-bond acceptors (Lipinski definition) is 6. The third-order valence-electron chi connectivity index (χ3n) is 4.25. The molecule has 1 aliphatic rings. The molecule has 8 heteroatoms. The standard InChI is InChI=1S/C16H21N3O3S2/c1-22-13-7-9-14(10-8-13)24(20,21)19-16-18-17-15(23-16)11-12-5-3-2-4-6-12/h7-10,12H,2-6,11H2,1H3,(H,18,19). The summed E-state index contributed by atoms with van der Waals surface area (Å²) in [5.41, 5.74) is 0. The van der Waals surface area contributed by atoms with E-state index in [-0.39, 0.29) is 4.90 Å². The third kappa shape index (κ3) is 4.24. The van der Waals surface area contributed by atoms with Crippen LogP contribution < -0.4 is 9.46 Å². The van der Waals surface area contributed by atoms with Gasteiger partial charge in [0, 0.05) is 6.42 Å². The molecule has 1 aromatic heterocycles. The highest BCUT2D eigenvalue weighted by Gasteiger charge is 2.19. The van der Waals surface area contributed by atoms with Crippen molar-refractivity contribution < 1.29 is 13.2 Å². The minimum atomic E-state index is -3.66. The molecule has 3 rings (SSSR count). The molecule has 1 N–H and O–H groups in total. The fourth-order valence-electron chi connectivity index (χ4n) is 2.94. The first-order valence-electron chi connectivity index (χ1n) is 8.06. The second kappa shape index (κ2) is 7.48. The molecule has 130 valence electrons. The molecule has 0 unspecified atom stereocenters.